The number of ether oxygens (including phenoxy) is 1. The lowest BCUT2D eigenvalue weighted by Crippen LogP contribution is -2.34. The van der Waals surface area contributed by atoms with Gasteiger partial charge in [-0.1, -0.05) is 5.16 Å². The van der Waals surface area contributed by atoms with E-state index in [1.807, 2.05) is 0 Å². The molecule has 2 heterocycles. The lowest BCUT2D eigenvalue weighted by Gasteiger charge is -2.31. The van der Waals surface area contributed by atoms with Crippen LogP contribution < -0.4 is 4.74 Å². The maximum atomic E-state index is 13.3. The molecule has 1 atom stereocenters. The summed E-state index contributed by atoms with van der Waals surface area (Å²) < 4.78 is 24.4. The number of fused-ring (bicyclic) bond motifs is 1. The zero-order valence-corrected chi connectivity index (χ0v) is 17.1. The second-order valence-electron chi connectivity index (χ2n) is 7.92. The Balaban J connectivity index is 1.22. The molecular formula is C23H27FN2O4. The van der Waals surface area contributed by atoms with E-state index in [4.69, 9.17) is 9.26 Å². The standard InChI is InChI=1S/C23H27FN2O4/c1-15(27)19-6-4-18(14-21(19)28)29-12-2-9-26-10-7-16(8-11-26)23-20-5-3-17(24)13-22(20)30-25-23/h3-6,13-16,27-28H,2,7-12H2,1H3. The third kappa shape index (κ3) is 4.57. The summed E-state index contributed by atoms with van der Waals surface area (Å²) in [6, 6.07) is 9.59. The fraction of sp³-hybridized carbons (Fsp3) is 0.435. The van der Waals surface area contributed by atoms with Crippen molar-refractivity contribution in [1.29, 1.82) is 0 Å². The van der Waals surface area contributed by atoms with E-state index in [0.29, 0.717) is 29.4 Å². The molecule has 2 aromatic carbocycles. The normalized spacial score (nSPS) is 16.8. The van der Waals surface area contributed by atoms with E-state index in [9.17, 15) is 14.6 Å². The van der Waals surface area contributed by atoms with E-state index in [1.165, 1.54) is 12.1 Å². The van der Waals surface area contributed by atoms with Gasteiger partial charge >= 0.3 is 0 Å². The van der Waals surface area contributed by atoms with Crippen LogP contribution in [0.3, 0.4) is 0 Å². The molecule has 4 rings (SSSR count). The summed E-state index contributed by atoms with van der Waals surface area (Å²) in [5, 5.41) is 24.6. The summed E-state index contributed by atoms with van der Waals surface area (Å²) in [5.74, 6) is 0.675. The Hall–Kier alpha value is -2.64. The number of aliphatic hydroxyl groups is 1. The number of likely N-dealkylation sites (tertiary alicyclic amines) is 1. The van der Waals surface area contributed by atoms with Crippen molar-refractivity contribution in [3.05, 3.63) is 53.5 Å². The first kappa shape index (κ1) is 20.6. The van der Waals surface area contributed by atoms with Gasteiger partial charge in [0.15, 0.2) is 5.58 Å². The number of phenols is 1. The first-order valence-corrected chi connectivity index (χ1v) is 10.4. The lowest BCUT2D eigenvalue weighted by atomic mass is 9.91. The highest BCUT2D eigenvalue weighted by atomic mass is 19.1. The van der Waals surface area contributed by atoms with E-state index in [-0.39, 0.29) is 11.6 Å². The number of rotatable bonds is 7. The molecule has 160 valence electrons. The smallest absolute Gasteiger partial charge is 0.170 e. The number of piperidine rings is 1. The molecule has 1 aliphatic heterocycles. The van der Waals surface area contributed by atoms with Crippen LogP contribution in [0.2, 0.25) is 0 Å². The summed E-state index contributed by atoms with van der Waals surface area (Å²) in [4.78, 5) is 2.41. The van der Waals surface area contributed by atoms with Crippen molar-refractivity contribution in [3.8, 4) is 11.5 Å². The van der Waals surface area contributed by atoms with Crippen molar-refractivity contribution in [3.63, 3.8) is 0 Å². The molecule has 30 heavy (non-hydrogen) atoms. The van der Waals surface area contributed by atoms with Crippen LogP contribution in [0.15, 0.2) is 40.9 Å². The van der Waals surface area contributed by atoms with Gasteiger partial charge in [0.2, 0.25) is 0 Å². The number of hydrogen-bond donors (Lipinski definition) is 2. The van der Waals surface area contributed by atoms with E-state index < -0.39 is 6.10 Å². The number of aromatic nitrogens is 1. The van der Waals surface area contributed by atoms with Crippen LogP contribution in [0.5, 0.6) is 11.5 Å². The lowest BCUT2D eigenvalue weighted by molar-refractivity contribution is 0.189. The summed E-state index contributed by atoms with van der Waals surface area (Å²) in [6.45, 7) is 5.07. The topological polar surface area (TPSA) is 79.0 Å². The molecule has 3 aromatic rings. The van der Waals surface area contributed by atoms with Crippen molar-refractivity contribution in [2.24, 2.45) is 0 Å². The molecule has 1 aromatic heterocycles. The monoisotopic (exact) mass is 414 g/mol. The summed E-state index contributed by atoms with van der Waals surface area (Å²) in [7, 11) is 0. The molecule has 0 saturated carbocycles. The van der Waals surface area contributed by atoms with Crippen LogP contribution in [0, 0.1) is 5.82 Å². The van der Waals surface area contributed by atoms with Gasteiger partial charge in [0.05, 0.1) is 18.4 Å². The number of aliphatic hydroxyl groups excluding tert-OH is 1. The highest BCUT2D eigenvalue weighted by Crippen LogP contribution is 2.33. The van der Waals surface area contributed by atoms with Crippen molar-refractivity contribution in [2.45, 2.75) is 38.2 Å². The Morgan fingerprint density at radius 3 is 2.77 bits per heavy atom. The van der Waals surface area contributed by atoms with Gasteiger partial charge in [0, 0.05) is 35.5 Å². The van der Waals surface area contributed by atoms with Crippen LogP contribution in [-0.4, -0.2) is 46.5 Å². The van der Waals surface area contributed by atoms with Gasteiger partial charge in [-0.15, -0.1) is 0 Å². The largest absolute Gasteiger partial charge is 0.507 e. The first-order chi connectivity index (χ1) is 14.5. The second-order valence-corrected chi connectivity index (χ2v) is 7.92. The predicted molar refractivity (Wildman–Crippen MR) is 111 cm³/mol. The minimum absolute atomic E-state index is 0.0488. The third-order valence-corrected chi connectivity index (χ3v) is 5.78. The average molecular weight is 414 g/mol. The van der Waals surface area contributed by atoms with E-state index in [0.717, 1.165) is 50.0 Å². The zero-order valence-electron chi connectivity index (χ0n) is 17.1. The van der Waals surface area contributed by atoms with Crippen LogP contribution in [0.25, 0.3) is 11.0 Å². The SMILES string of the molecule is CC(O)c1ccc(OCCCN2CCC(c3noc4cc(F)ccc34)CC2)cc1O. The molecule has 0 aliphatic carbocycles. The molecule has 7 heteroatoms. The Labute approximate surface area is 174 Å². The van der Waals surface area contributed by atoms with Gasteiger partial charge in [-0.25, -0.2) is 4.39 Å². The Morgan fingerprint density at radius 1 is 1.23 bits per heavy atom. The summed E-state index contributed by atoms with van der Waals surface area (Å²) >= 11 is 0. The minimum atomic E-state index is -0.710. The number of phenolic OH excluding ortho intramolecular Hbond substituents is 1. The maximum Gasteiger partial charge on any atom is 0.170 e. The number of halogens is 1. The van der Waals surface area contributed by atoms with Gasteiger partial charge in [0.1, 0.15) is 17.3 Å². The Bertz CT molecular complexity index is 996. The highest BCUT2D eigenvalue weighted by molar-refractivity contribution is 5.79. The van der Waals surface area contributed by atoms with Gasteiger partial charge in [-0.2, -0.15) is 0 Å². The fourth-order valence-corrected chi connectivity index (χ4v) is 4.10. The average Bonchev–Trinajstić information content (AvgIpc) is 3.14. The Morgan fingerprint density at radius 2 is 2.03 bits per heavy atom. The number of hydrogen-bond acceptors (Lipinski definition) is 6. The van der Waals surface area contributed by atoms with E-state index in [2.05, 4.69) is 10.1 Å². The quantitative estimate of drug-likeness (QED) is 0.559. The zero-order chi connectivity index (χ0) is 21.1. The maximum absolute atomic E-state index is 13.3. The molecule has 0 amide bonds. The second kappa shape index (κ2) is 9.02. The molecular weight excluding hydrogens is 387 g/mol. The summed E-state index contributed by atoms with van der Waals surface area (Å²) in [5.41, 5.74) is 1.95. The van der Waals surface area contributed by atoms with Gasteiger partial charge in [0.25, 0.3) is 0 Å². The van der Waals surface area contributed by atoms with Crippen molar-refractivity contribution in [1.82, 2.24) is 10.1 Å². The molecule has 1 fully saturated rings. The number of nitrogens with zero attached hydrogens (tertiary/aromatic N) is 2. The van der Waals surface area contributed by atoms with Crippen molar-refractivity contribution in [2.75, 3.05) is 26.2 Å². The first-order valence-electron chi connectivity index (χ1n) is 10.4. The van der Waals surface area contributed by atoms with Gasteiger partial charge in [-0.3, -0.25) is 0 Å². The molecule has 0 spiro atoms. The highest BCUT2D eigenvalue weighted by Gasteiger charge is 2.25. The van der Waals surface area contributed by atoms with Crippen molar-refractivity contribution >= 4 is 11.0 Å². The van der Waals surface area contributed by atoms with Gasteiger partial charge < -0.3 is 24.4 Å². The number of aromatic hydroxyl groups is 1. The molecule has 0 radical (unpaired) electrons. The predicted octanol–water partition coefficient (Wildman–Crippen LogP) is 4.37. The fourth-order valence-electron chi connectivity index (χ4n) is 4.10. The van der Waals surface area contributed by atoms with E-state index >= 15 is 0 Å². The molecule has 1 unspecified atom stereocenters. The minimum Gasteiger partial charge on any atom is -0.507 e. The van der Waals surface area contributed by atoms with Crippen LogP contribution in [-0.2, 0) is 0 Å². The molecule has 1 saturated heterocycles. The van der Waals surface area contributed by atoms with Crippen LogP contribution in [0.1, 0.15) is 49.5 Å². The third-order valence-electron chi connectivity index (χ3n) is 5.78. The Kier molecular flexibility index (Phi) is 6.20. The van der Waals surface area contributed by atoms with Crippen LogP contribution >= 0.6 is 0 Å². The molecule has 6 nitrogen and oxygen atoms in total. The van der Waals surface area contributed by atoms with Crippen molar-refractivity contribution < 1.29 is 23.9 Å². The van der Waals surface area contributed by atoms with Gasteiger partial charge in [-0.05, 0) is 63.5 Å². The van der Waals surface area contributed by atoms with Crippen LogP contribution in [0.4, 0.5) is 4.39 Å². The van der Waals surface area contributed by atoms with E-state index in [1.54, 1.807) is 31.2 Å². The molecule has 0 bridgehead atoms. The number of benzene rings is 2. The molecule has 2 N–H and O–H groups in total. The molecule has 1 aliphatic rings. The summed E-state index contributed by atoms with van der Waals surface area (Å²) in [6.07, 6.45) is 2.16.